The Labute approximate surface area is 374 Å². The Morgan fingerprint density at radius 1 is 0.524 bits per heavy atom. The molecule has 2 aromatic heterocycles. The number of nitrogens with one attached hydrogen (secondary N) is 2. The molecule has 328 valence electrons. The zero-order chi connectivity index (χ0) is 43.1. The predicted molar refractivity (Wildman–Crippen MR) is 259 cm³/mol. The number of aromatic amines is 2. The van der Waals surface area contributed by atoms with Crippen molar-refractivity contribution in [2.24, 2.45) is 0 Å². The molecule has 6 nitrogen and oxygen atoms in total. The number of pyridine rings is 2. The number of rotatable bonds is 10. The Morgan fingerprint density at radius 2 is 1.03 bits per heavy atom. The molecule has 2 N–H and O–H groups in total. The van der Waals surface area contributed by atoms with Gasteiger partial charge in [0.05, 0.1) is 12.2 Å². The van der Waals surface area contributed by atoms with Crippen LogP contribution in [0.25, 0.3) is 39.0 Å². The van der Waals surface area contributed by atoms with Gasteiger partial charge in [-0.2, -0.15) is 0 Å². The smallest absolute Gasteiger partial charge is 0.197 e. The highest BCUT2D eigenvalue weighted by atomic mass is 16.5. The molecule has 6 heteroatoms. The summed E-state index contributed by atoms with van der Waals surface area (Å²) in [5.74, 6) is 1.37. The molecule has 1 fully saturated rings. The highest BCUT2D eigenvalue weighted by Gasteiger charge is 2.26. The van der Waals surface area contributed by atoms with E-state index < -0.39 is 0 Å². The Kier molecular flexibility index (Phi) is 13.6. The summed E-state index contributed by atoms with van der Waals surface area (Å²) in [6.45, 7) is 4.13. The lowest BCUT2D eigenvalue weighted by atomic mass is 9.80. The van der Waals surface area contributed by atoms with E-state index in [1.54, 1.807) is 5.57 Å². The first-order valence-corrected chi connectivity index (χ1v) is 24.4. The van der Waals surface area contributed by atoms with Crippen molar-refractivity contribution in [2.75, 3.05) is 0 Å². The second kappa shape index (κ2) is 20.0. The van der Waals surface area contributed by atoms with Crippen LogP contribution in [0.2, 0.25) is 0 Å². The Hall–Kier alpha value is -5.36. The lowest BCUT2D eigenvalue weighted by Crippen LogP contribution is -2.23. The topological polar surface area (TPSA) is 84.2 Å². The summed E-state index contributed by atoms with van der Waals surface area (Å²) in [6.07, 6.45) is 33.1. The van der Waals surface area contributed by atoms with Crippen LogP contribution in [0.3, 0.4) is 0 Å². The Balaban J connectivity index is 0.952. The number of ether oxygens (including phenoxy) is 2. The molecule has 0 spiro atoms. The van der Waals surface area contributed by atoms with Gasteiger partial charge in [-0.05, 0) is 169 Å². The van der Waals surface area contributed by atoms with E-state index in [2.05, 4.69) is 36.0 Å². The number of aromatic nitrogens is 2. The van der Waals surface area contributed by atoms with E-state index >= 15 is 0 Å². The van der Waals surface area contributed by atoms with E-state index in [0.29, 0.717) is 29.0 Å². The maximum absolute atomic E-state index is 14.7. The summed E-state index contributed by atoms with van der Waals surface area (Å²) in [5, 5.41) is 0. The molecule has 2 atom stereocenters. The maximum atomic E-state index is 14.7. The third kappa shape index (κ3) is 9.61. The lowest BCUT2D eigenvalue weighted by Gasteiger charge is -2.25. The molecule has 0 amide bonds. The zero-order valence-corrected chi connectivity index (χ0v) is 37.7. The first kappa shape index (κ1) is 42.9. The fourth-order valence-electron chi connectivity index (χ4n) is 11.2. The van der Waals surface area contributed by atoms with Crippen molar-refractivity contribution < 1.29 is 9.47 Å². The van der Waals surface area contributed by atoms with Gasteiger partial charge in [-0.25, -0.2) is 0 Å². The summed E-state index contributed by atoms with van der Waals surface area (Å²) < 4.78 is 13.4. The lowest BCUT2D eigenvalue weighted by molar-refractivity contribution is 0.131. The van der Waals surface area contributed by atoms with E-state index in [-0.39, 0.29) is 23.1 Å². The van der Waals surface area contributed by atoms with Crippen LogP contribution in [0.5, 0.6) is 11.5 Å². The molecular formula is C57H66N2O4. The van der Waals surface area contributed by atoms with Crippen molar-refractivity contribution in [3.8, 4) is 44.9 Å². The van der Waals surface area contributed by atoms with Crippen molar-refractivity contribution in [2.45, 2.75) is 161 Å². The molecule has 4 aliphatic rings. The Morgan fingerprint density at radius 3 is 1.73 bits per heavy atom. The van der Waals surface area contributed by atoms with Crippen LogP contribution >= 0.6 is 0 Å². The fourth-order valence-corrected chi connectivity index (χ4v) is 11.2. The molecule has 4 aliphatic carbocycles. The molecule has 1 saturated carbocycles. The first-order chi connectivity index (χ1) is 30.9. The van der Waals surface area contributed by atoms with Gasteiger partial charge in [0.15, 0.2) is 10.9 Å². The number of benzene rings is 3. The third-order valence-electron chi connectivity index (χ3n) is 14.3. The van der Waals surface area contributed by atoms with Gasteiger partial charge >= 0.3 is 0 Å². The molecule has 9 rings (SSSR count). The molecule has 5 aromatic rings. The first-order valence-electron chi connectivity index (χ1n) is 24.4. The van der Waals surface area contributed by atoms with Gasteiger partial charge in [0, 0.05) is 64.6 Å². The van der Waals surface area contributed by atoms with Crippen LogP contribution in [0.1, 0.15) is 151 Å². The molecule has 1 unspecified atom stereocenters. The quantitative estimate of drug-likeness (QED) is 0.108. The largest absolute Gasteiger partial charge is 0.490 e. The number of hydrogen-bond acceptors (Lipinski definition) is 4. The number of para-hydroxylation sites is 2. The average molecular weight is 843 g/mol. The van der Waals surface area contributed by atoms with Gasteiger partial charge in [0.2, 0.25) is 0 Å². The molecular weight excluding hydrogens is 777 g/mol. The predicted octanol–water partition coefficient (Wildman–Crippen LogP) is 13.8. The van der Waals surface area contributed by atoms with Crippen LogP contribution in [0, 0.1) is 0 Å². The number of allylic oxidation sites excluding steroid dienone is 4. The van der Waals surface area contributed by atoms with Crippen LogP contribution in [-0.2, 0) is 25.7 Å². The minimum atomic E-state index is -0.219. The van der Waals surface area contributed by atoms with E-state index in [0.717, 1.165) is 73.6 Å². The fraction of sp³-hybridized carbons (Fsp3) is 0.439. The molecule has 0 radical (unpaired) electrons. The summed E-state index contributed by atoms with van der Waals surface area (Å²) in [6, 6.07) is 18.3. The van der Waals surface area contributed by atoms with E-state index in [4.69, 9.17) is 9.47 Å². The van der Waals surface area contributed by atoms with Crippen LogP contribution in [0.15, 0.2) is 106 Å². The maximum Gasteiger partial charge on any atom is 0.197 e. The molecule has 0 saturated heterocycles. The monoisotopic (exact) mass is 843 g/mol. The van der Waals surface area contributed by atoms with Gasteiger partial charge in [-0.3, -0.25) is 9.59 Å². The number of aryl methyl sites for hydroxylation is 2. The van der Waals surface area contributed by atoms with Gasteiger partial charge in [-0.15, -0.1) is 0 Å². The van der Waals surface area contributed by atoms with Crippen LogP contribution in [-0.4, -0.2) is 22.2 Å². The van der Waals surface area contributed by atoms with Gasteiger partial charge in [-0.1, -0.05) is 78.9 Å². The van der Waals surface area contributed by atoms with Crippen LogP contribution < -0.4 is 20.3 Å². The molecule has 63 heavy (non-hydrogen) atoms. The highest BCUT2D eigenvalue weighted by molar-refractivity contribution is 5.80. The molecule has 0 aliphatic heterocycles. The normalized spacial score (nSPS) is 20.1. The summed E-state index contributed by atoms with van der Waals surface area (Å²) >= 11 is 0. The van der Waals surface area contributed by atoms with Crippen molar-refractivity contribution in [3.05, 3.63) is 145 Å². The zero-order valence-electron chi connectivity index (χ0n) is 37.7. The van der Waals surface area contributed by atoms with Gasteiger partial charge < -0.3 is 19.4 Å². The van der Waals surface area contributed by atoms with E-state index in [9.17, 15) is 9.59 Å². The van der Waals surface area contributed by atoms with E-state index in [1.165, 1.54) is 116 Å². The van der Waals surface area contributed by atoms with E-state index in [1.807, 2.05) is 73.3 Å². The van der Waals surface area contributed by atoms with Gasteiger partial charge in [0.1, 0.15) is 11.5 Å². The molecule has 2 bridgehead atoms. The highest BCUT2D eigenvalue weighted by Crippen LogP contribution is 2.40. The SMILES string of the molecule is CC(C[C@@H](C)Oc1ccccc1-c1c[nH]cc(/C2=C3\CCCC/C(=C/CCCCCC2)C3)c1=O)Oc1ccccc1-c1c[nH]cc(-c2c3c(cc4c2CCCC4)CCCCC3)c1=O. The Bertz CT molecular complexity index is 2610. The minimum absolute atomic E-state index is 0.0546. The standard InChI is InChI=1S/C57H66N2O4/c1-38(62-53-29-17-15-27-47(53)50-35-58-34-49(56(50)60)44-24-9-5-3-4-7-19-40-20-11-12-22-41(44)32-40)31-39(2)63-54-30-18-16-28-48(54)51-36-59-37-52(57(51)61)55-45-25-10-6-8-21-42(45)33-43-23-13-14-26-46(43)55/h15-19,27-30,33-39H,3-14,20-26,31-32H2,1-2H3,(H,58,60)(H,59,61)/b40-19-,44-41+/t38-,39?/m1/s1. The third-order valence-corrected chi connectivity index (χ3v) is 14.3. The minimum Gasteiger partial charge on any atom is -0.490 e. The second-order valence-electron chi connectivity index (χ2n) is 18.9. The molecule has 2 heterocycles. The second-order valence-corrected chi connectivity index (χ2v) is 18.9. The average Bonchev–Trinajstić information content (AvgIpc) is 3.69. The molecule has 3 aromatic carbocycles. The summed E-state index contributed by atoms with van der Waals surface area (Å²) in [5.41, 5.74) is 15.7. The van der Waals surface area contributed by atoms with Gasteiger partial charge in [0.25, 0.3) is 0 Å². The van der Waals surface area contributed by atoms with Crippen molar-refractivity contribution in [3.63, 3.8) is 0 Å². The van der Waals surface area contributed by atoms with Crippen molar-refractivity contribution in [1.82, 2.24) is 9.97 Å². The summed E-state index contributed by atoms with van der Waals surface area (Å²) in [4.78, 5) is 36.1. The summed E-state index contributed by atoms with van der Waals surface area (Å²) in [7, 11) is 0. The number of hydrogen-bond donors (Lipinski definition) is 2. The van der Waals surface area contributed by atoms with Crippen molar-refractivity contribution in [1.29, 1.82) is 0 Å². The van der Waals surface area contributed by atoms with Crippen molar-refractivity contribution >= 4 is 5.57 Å². The number of fused-ring (bicyclic) bond motifs is 4. The number of H-pyrrole nitrogens is 2. The van der Waals surface area contributed by atoms with Crippen LogP contribution in [0.4, 0.5) is 0 Å².